The molecular weight excluding hydrogens is 282 g/mol. The molecule has 15 heavy (non-hydrogen) atoms. The Balaban J connectivity index is 3.15. The molecule has 2 N–H and O–H groups in total. The van der Waals surface area contributed by atoms with Crippen LogP contribution >= 0.6 is 46.4 Å². The van der Waals surface area contributed by atoms with Gasteiger partial charge in [0.2, 0.25) is 0 Å². The van der Waals surface area contributed by atoms with Crippen LogP contribution in [0.2, 0.25) is 20.4 Å². The van der Waals surface area contributed by atoms with Crippen LogP contribution in [0.3, 0.4) is 0 Å². The molecule has 0 aliphatic heterocycles. The van der Waals surface area contributed by atoms with Gasteiger partial charge in [0, 0.05) is 6.04 Å². The number of aromatic nitrogens is 1. The minimum Gasteiger partial charge on any atom is -0.394 e. The number of aliphatic hydroxyl groups is 1. The molecular formula is C8H8Cl4N2O. The average molecular weight is 290 g/mol. The van der Waals surface area contributed by atoms with Gasteiger partial charge in [-0.25, -0.2) is 4.98 Å². The summed E-state index contributed by atoms with van der Waals surface area (Å²) < 4.78 is 0. The summed E-state index contributed by atoms with van der Waals surface area (Å²) in [6.07, 6.45) is 0. The molecule has 1 rings (SSSR count). The van der Waals surface area contributed by atoms with E-state index in [-0.39, 0.29) is 33.0 Å². The normalized spacial score (nSPS) is 12.7. The van der Waals surface area contributed by atoms with E-state index in [0.717, 1.165) is 0 Å². The third kappa shape index (κ3) is 3.02. The first-order chi connectivity index (χ1) is 6.97. The fraction of sp³-hybridized carbons (Fsp3) is 0.375. The number of pyridine rings is 1. The molecule has 1 unspecified atom stereocenters. The van der Waals surface area contributed by atoms with Crippen molar-refractivity contribution >= 4 is 52.1 Å². The van der Waals surface area contributed by atoms with Gasteiger partial charge in [0.1, 0.15) is 10.0 Å². The Morgan fingerprint density at radius 1 is 1.20 bits per heavy atom. The Labute approximate surface area is 107 Å². The van der Waals surface area contributed by atoms with Crippen LogP contribution in [0.5, 0.6) is 0 Å². The molecule has 1 aromatic rings. The van der Waals surface area contributed by atoms with E-state index in [1.165, 1.54) is 0 Å². The summed E-state index contributed by atoms with van der Waals surface area (Å²) in [6.45, 7) is 1.69. The predicted octanol–water partition coefficient (Wildman–Crippen LogP) is 3.49. The SMILES string of the molecule is CC(CO)Nc1c(Cl)c(Cl)nc(Cl)c1Cl. The van der Waals surface area contributed by atoms with Crippen molar-refractivity contribution in [3.05, 3.63) is 20.4 Å². The van der Waals surface area contributed by atoms with Gasteiger partial charge < -0.3 is 10.4 Å². The summed E-state index contributed by atoms with van der Waals surface area (Å²) >= 11 is 23.2. The molecule has 0 aromatic carbocycles. The van der Waals surface area contributed by atoms with Crippen molar-refractivity contribution < 1.29 is 5.11 Å². The number of anilines is 1. The number of nitrogens with one attached hydrogen (secondary N) is 1. The molecule has 0 saturated carbocycles. The van der Waals surface area contributed by atoms with Gasteiger partial charge in [-0.15, -0.1) is 0 Å². The van der Waals surface area contributed by atoms with Crippen LogP contribution in [0.1, 0.15) is 6.92 Å². The van der Waals surface area contributed by atoms with Gasteiger partial charge in [-0.2, -0.15) is 0 Å². The van der Waals surface area contributed by atoms with Crippen molar-refractivity contribution in [2.24, 2.45) is 0 Å². The molecule has 0 aliphatic carbocycles. The third-order valence-corrected chi connectivity index (χ3v) is 3.14. The van der Waals surface area contributed by atoms with Crippen molar-refractivity contribution in [1.82, 2.24) is 4.98 Å². The highest BCUT2D eigenvalue weighted by molar-refractivity contribution is 6.48. The van der Waals surface area contributed by atoms with E-state index < -0.39 is 0 Å². The lowest BCUT2D eigenvalue weighted by atomic mass is 10.3. The Morgan fingerprint density at radius 3 is 2.07 bits per heavy atom. The van der Waals surface area contributed by atoms with E-state index in [1.807, 2.05) is 0 Å². The molecule has 0 bridgehead atoms. The fourth-order valence-corrected chi connectivity index (χ4v) is 1.74. The fourth-order valence-electron chi connectivity index (χ4n) is 0.906. The van der Waals surface area contributed by atoms with Gasteiger partial charge in [-0.3, -0.25) is 0 Å². The Morgan fingerprint density at radius 2 is 1.67 bits per heavy atom. The minimum absolute atomic E-state index is 0.0653. The summed E-state index contributed by atoms with van der Waals surface area (Å²) in [6, 6.07) is -0.213. The van der Waals surface area contributed by atoms with Crippen molar-refractivity contribution in [3.63, 3.8) is 0 Å². The van der Waals surface area contributed by atoms with Gasteiger partial charge >= 0.3 is 0 Å². The zero-order chi connectivity index (χ0) is 11.6. The first-order valence-corrected chi connectivity index (χ1v) is 5.56. The van der Waals surface area contributed by atoms with Crippen molar-refractivity contribution in [2.75, 3.05) is 11.9 Å². The monoisotopic (exact) mass is 288 g/mol. The average Bonchev–Trinajstić information content (AvgIpc) is 2.21. The van der Waals surface area contributed by atoms with Crippen LogP contribution in [0.15, 0.2) is 0 Å². The number of hydrogen-bond donors (Lipinski definition) is 2. The lowest BCUT2D eigenvalue weighted by Crippen LogP contribution is -2.20. The number of hydrogen-bond acceptors (Lipinski definition) is 3. The van der Waals surface area contributed by atoms with E-state index in [1.54, 1.807) is 6.92 Å². The molecule has 3 nitrogen and oxygen atoms in total. The highest BCUT2D eigenvalue weighted by Crippen LogP contribution is 2.38. The van der Waals surface area contributed by atoms with Crippen LogP contribution in [-0.2, 0) is 0 Å². The Hall–Kier alpha value is 0.0700. The summed E-state index contributed by atoms with van der Waals surface area (Å²) in [5.74, 6) is 0. The largest absolute Gasteiger partial charge is 0.394 e. The Kier molecular flexibility index (Phi) is 4.74. The van der Waals surface area contributed by atoms with Crippen LogP contribution in [0.25, 0.3) is 0 Å². The van der Waals surface area contributed by atoms with E-state index in [9.17, 15) is 0 Å². The summed E-state index contributed by atoms with van der Waals surface area (Å²) in [5, 5.41) is 12.3. The lowest BCUT2D eigenvalue weighted by molar-refractivity contribution is 0.281. The van der Waals surface area contributed by atoms with E-state index >= 15 is 0 Å². The molecule has 0 aliphatic rings. The van der Waals surface area contributed by atoms with Crippen molar-refractivity contribution in [3.8, 4) is 0 Å². The Bertz CT molecular complexity index is 346. The summed E-state index contributed by atoms with van der Waals surface area (Å²) in [5.41, 5.74) is 0.380. The highest BCUT2D eigenvalue weighted by atomic mass is 35.5. The van der Waals surface area contributed by atoms with Crippen LogP contribution < -0.4 is 5.32 Å². The summed E-state index contributed by atoms with van der Waals surface area (Å²) in [7, 11) is 0. The molecule has 1 aromatic heterocycles. The first-order valence-electron chi connectivity index (χ1n) is 4.04. The quantitative estimate of drug-likeness (QED) is 0.838. The smallest absolute Gasteiger partial charge is 0.151 e. The summed E-state index contributed by atoms with van der Waals surface area (Å²) in [4.78, 5) is 3.73. The van der Waals surface area contributed by atoms with Gasteiger partial charge in [-0.05, 0) is 6.92 Å². The van der Waals surface area contributed by atoms with Crippen LogP contribution in [-0.4, -0.2) is 22.7 Å². The molecule has 0 amide bonds. The molecule has 1 atom stereocenters. The third-order valence-electron chi connectivity index (χ3n) is 1.66. The van der Waals surface area contributed by atoms with E-state index in [4.69, 9.17) is 51.5 Å². The standard InChI is InChI=1S/C8H8Cl4N2O/c1-3(2-15)13-6-4(9)7(11)14-8(12)5(6)10/h3,15H,2H2,1H3,(H,13,14). The second-order valence-electron chi connectivity index (χ2n) is 2.92. The zero-order valence-corrected chi connectivity index (χ0v) is 10.7. The minimum atomic E-state index is -0.213. The number of nitrogens with zero attached hydrogens (tertiary/aromatic N) is 1. The molecule has 0 saturated heterocycles. The molecule has 0 spiro atoms. The maximum atomic E-state index is 8.89. The second-order valence-corrected chi connectivity index (χ2v) is 4.40. The first kappa shape index (κ1) is 13.1. The maximum Gasteiger partial charge on any atom is 0.151 e. The van der Waals surface area contributed by atoms with Gasteiger partial charge in [0.15, 0.2) is 10.3 Å². The van der Waals surface area contributed by atoms with E-state index in [0.29, 0.717) is 5.69 Å². The predicted molar refractivity (Wildman–Crippen MR) is 64.4 cm³/mol. The topological polar surface area (TPSA) is 45.1 Å². The van der Waals surface area contributed by atoms with Crippen molar-refractivity contribution in [2.45, 2.75) is 13.0 Å². The van der Waals surface area contributed by atoms with E-state index in [2.05, 4.69) is 10.3 Å². The number of halogens is 4. The van der Waals surface area contributed by atoms with Gasteiger partial charge in [-0.1, -0.05) is 46.4 Å². The maximum absolute atomic E-state index is 8.89. The number of rotatable bonds is 3. The zero-order valence-electron chi connectivity index (χ0n) is 7.69. The molecule has 0 fully saturated rings. The molecule has 1 heterocycles. The van der Waals surface area contributed by atoms with Crippen LogP contribution in [0.4, 0.5) is 5.69 Å². The molecule has 84 valence electrons. The second kappa shape index (κ2) is 5.41. The van der Waals surface area contributed by atoms with Gasteiger partial charge in [0.25, 0.3) is 0 Å². The van der Waals surface area contributed by atoms with Gasteiger partial charge in [0.05, 0.1) is 12.3 Å². The number of aliphatic hydroxyl groups excluding tert-OH is 1. The highest BCUT2D eigenvalue weighted by Gasteiger charge is 2.16. The van der Waals surface area contributed by atoms with Crippen LogP contribution in [0, 0.1) is 0 Å². The molecule has 7 heteroatoms. The van der Waals surface area contributed by atoms with Crippen molar-refractivity contribution in [1.29, 1.82) is 0 Å². The lowest BCUT2D eigenvalue weighted by Gasteiger charge is -2.16. The molecule has 0 radical (unpaired) electrons.